The molecule has 0 saturated carbocycles. The first-order valence-corrected chi connectivity index (χ1v) is 7.66. The summed E-state index contributed by atoms with van der Waals surface area (Å²) in [4.78, 5) is 6.90. The van der Waals surface area contributed by atoms with Crippen molar-refractivity contribution in [1.82, 2.24) is 25.0 Å². The van der Waals surface area contributed by atoms with Crippen molar-refractivity contribution in [2.45, 2.75) is 58.7 Å². The normalized spacial score (nSPS) is 20.1. The SMILES string of the molecule is CCCN(Cc1ncnn1CC)CC1CCCCN1. The first-order valence-electron chi connectivity index (χ1n) is 7.66. The minimum absolute atomic E-state index is 0.651. The predicted octanol–water partition coefficient (Wildman–Crippen LogP) is 1.65. The molecule has 0 bridgehead atoms. The molecule has 5 heteroatoms. The molecule has 0 radical (unpaired) electrons. The lowest BCUT2D eigenvalue weighted by Gasteiger charge is -2.30. The highest BCUT2D eigenvalue weighted by atomic mass is 15.3. The number of aromatic nitrogens is 3. The molecule has 0 spiro atoms. The molecule has 1 N–H and O–H groups in total. The van der Waals surface area contributed by atoms with Crippen molar-refractivity contribution in [3.63, 3.8) is 0 Å². The van der Waals surface area contributed by atoms with Gasteiger partial charge in [-0.2, -0.15) is 5.10 Å². The van der Waals surface area contributed by atoms with E-state index < -0.39 is 0 Å². The second kappa shape index (κ2) is 7.60. The van der Waals surface area contributed by atoms with Gasteiger partial charge in [0.1, 0.15) is 12.2 Å². The van der Waals surface area contributed by atoms with Crippen LogP contribution < -0.4 is 5.32 Å². The maximum absolute atomic E-state index is 4.39. The highest BCUT2D eigenvalue weighted by molar-refractivity contribution is 4.86. The summed E-state index contributed by atoms with van der Waals surface area (Å²) in [7, 11) is 0. The van der Waals surface area contributed by atoms with Gasteiger partial charge in [0.25, 0.3) is 0 Å². The largest absolute Gasteiger partial charge is 0.313 e. The van der Waals surface area contributed by atoms with Gasteiger partial charge in [-0.1, -0.05) is 13.3 Å². The van der Waals surface area contributed by atoms with Crippen LogP contribution >= 0.6 is 0 Å². The van der Waals surface area contributed by atoms with Gasteiger partial charge in [0.05, 0.1) is 6.54 Å². The zero-order valence-corrected chi connectivity index (χ0v) is 12.3. The average molecular weight is 265 g/mol. The molecule has 0 aliphatic carbocycles. The summed E-state index contributed by atoms with van der Waals surface area (Å²) in [5, 5.41) is 7.89. The second-order valence-corrected chi connectivity index (χ2v) is 5.37. The number of aryl methyl sites for hydroxylation is 1. The third-order valence-electron chi connectivity index (χ3n) is 3.79. The summed E-state index contributed by atoms with van der Waals surface area (Å²) in [6, 6.07) is 0.651. The van der Waals surface area contributed by atoms with Crippen LogP contribution in [0, 0.1) is 0 Å². The van der Waals surface area contributed by atoms with Crippen molar-refractivity contribution in [2.24, 2.45) is 0 Å². The molecular weight excluding hydrogens is 238 g/mol. The molecule has 1 unspecified atom stereocenters. The lowest BCUT2D eigenvalue weighted by atomic mass is 10.0. The zero-order valence-electron chi connectivity index (χ0n) is 12.3. The Hall–Kier alpha value is -0.940. The Balaban J connectivity index is 1.91. The van der Waals surface area contributed by atoms with E-state index in [2.05, 4.69) is 34.1 Å². The molecule has 5 nitrogen and oxygen atoms in total. The summed E-state index contributed by atoms with van der Waals surface area (Å²) in [5.74, 6) is 1.09. The Labute approximate surface area is 116 Å². The Morgan fingerprint density at radius 3 is 3.00 bits per heavy atom. The molecule has 2 rings (SSSR count). The lowest BCUT2D eigenvalue weighted by molar-refractivity contribution is 0.210. The summed E-state index contributed by atoms with van der Waals surface area (Å²) in [6.45, 7) is 9.61. The molecule has 2 heterocycles. The van der Waals surface area contributed by atoms with Crippen LogP contribution in [0.25, 0.3) is 0 Å². The molecule has 108 valence electrons. The Bertz CT molecular complexity index is 356. The third kappa shape index (κ3) is 4.28. The van der Waals surface area contributed by atoms with Crippen LogP contribution in [0.15, 0.2) is 6.33 Å². The number of rotatable bonds is 7. The molecule has 1 aliphatic rings. The van der Waals surface area contributed by atoms with Crippen LogP contribution in [-0.2, 0) is 13.1 Å². The van der Waals surface area contributed by atoms with Crippen molar-refractivity contribution < 1.29 is 0 Å². The molecule has 1 aromatic heterocycles. The molecule has 0 amide bonds. The van der Waals surface area contributed by atoms with Gasteiger partial charge in [0, 0.05) is 19.1 Å². The Morgan fingerprint density at radius 1 is 1.42 bits per heavy atom. The number of piperidine rings is 1. The van der Waals surface area contributed by atoms with E-state index in [1.807, 2.05) is 4.68 Å². The van der Waals surface area contributed by atoms with E-state index in [0.29, 0.717) is 6.04 Å². The van der Waals surface area contributed by atoms with Crippen molar-refractivity contribution in [2.75, 3.05) is 19.6 Å². The molecule has 1 atom stereocenters. The first-order chi connectivity index (χ1) is 9.33. The number of nitrogens with zero attached hydrogens (tertiary/aromatic N) is 4. The smallest absolute Gasteiger partial charge is 0.140 e. The summed E-state index contributed by atoms with van der Waals surface area (Å²) < 4.78 is 2.00. The van der Waals surface area contributed by atoms with Crippen LogP contribution in [0.5, 0.6) is 0 Å². The first kappa shape index (κ1) is 14.5. The lowest BCUT2D eigenvalue weighted by Crippen LogP contribution is -2.43. The van der Waals surface area contributed by atoms with Gasteiger partial charge in [-0.05, 0) is 39.3 Å². The van der Waals surface area contributed by atoms with E-state index in [1.54, 1.807) is 6.33 Å². The number of hydrogen-bond acceptors (Lipinski definition) is 4. The van der Waals surface area contributed by atoms with Gasteiger partial charge in [0.15, 0.2) is 0 Å². The average Bonchev–Trinajstić information content (AvgIpc) is 2.87. The number of nitrogens with one attached hydrogen (secondary N) is 1. The second-order valence-electron chi connectivity index (χ2n) is 5.37. The molecule has 19 heavy (non-hydrogen) atoms. The van der Waals surface area contributed by atoms with Crippen LogP contribution in [0.4, 0.5) is 0 Å². The van der Waals surface area contributed by atoms with Crippen molar-refractivity contribution in [3.05, 3.63) is 12.2 Å². The van der Waals surface area contributed by atoms with Crippen molar-refractivity contribution >= 4 is 0 Å². The minimum atomic E-state index is 0.651. The fourth-order valence-corrected chi connectivity index (χ4v) is 2.82. The monoisotopic (exact) mass is 265 g/mol. The fraction of sp³-hybridized carbons (Fsp3) is 0.857. The summed E-state index contributed by atoms with van der Waals surface area (Å²) >= 11 is 0. The van der Waals surface area contributed by atoms with E-state index in [-0.39, 0.29) is 0 Å². The number of hydrogen-bond donors (Lipinski definition) is 1. The van der Waals surface area contributed by atoms with Crippen LogP contribution in [-0.4, -0.2) is 45.3 Å². The quantitative estimate of drug-likeness (QED) is 0.814. The molecule has 1 fully saturated rings. The van der Waals surface area contributed by atoms with Crippen LogP contribution in [0.2, 0.25) is 0 Å². The topological polar surface area (TPSA) is 46.0 Å². The highest BCUT2D eigenvalue weighted by Crippen LogP contribution is 2.10. The predicted molar refractivity (Wildman–Crippen MR) is 76.9 cm³/mol. The van der Waals surface area contributed by atoms with Gasteiger partial charge in [-0.25, -0.2) is 9.67 Å². The highest BCUT2D eigenvalue weighted by Gasteiger charge is 2.17. The summed E-state index contributed by atoms with van der Waals surface area (Å²) in [5.41, 5.74) is 0. The Kier molecular flexibility index (Phi) is 5.79. The molecule has 1 saturated heterocycles. The minimum Gasteiger partial charge on any atom is -0.313 e. The maximum Gasteiger partial charge on any atom is 0.140 e. The third-order valence-corrected chi connectivity index (χ3v) is 3.79. The van der Waals surface area contributed by atoms with Crippen molar-refractivity contribution in [3.8, 4) is 0 Å². The molecule has 1 aliphatic heterocycles. The van der Waals surface area contributed by atoms with Gasteiger partial charge in [0.2, 0.25) is 0 Å². The fourth-order valence-electron chi connectivity index (χ4n) is 2.82. The van der Waals surface area contributed by atoms with Gasteiger partial charge in [-0.3, -0.25) is 4.90 Å². The van der Waals surface area contributed by atoms with Crippen molar-refractivity contribution in [1.29, 1.82) is 0 Å². The van der Waals surface area contributed by atoms with Gasteiger partial charge >= 0.3 is 0 Å². The van der Waals surface area contributed by atoms with E-state index in [1.165, 1.54) is 32.2 Å². The summed E-state index contributed by atoms with van der Waals surface area (Å²) in [6.07, 6.45) is 6.85. The van der Waals surface area contributed by atoms with Crippen LogP contribution in [0.1, 0.15) is 45.4 Å². The molecule has 0 aromatic carbocycles. The van der Waals surface area contributed by atoms with E-state index in [9.17, 15) is 0 Å². The van der Waals surface area contributed by atoms with Crippen LogP contribution in [0.3, 0.4) is 0 Å². The van der Waals surface area contributed by atoms with Gasteiger partial charge < -0.3 is 5.32 Å². The van der Waals surface area contributed by atoms with E-state index >= 15 is 0 Å². The zero-order chi connectivity index (χ0) is 13.5. The standard InChI is InChI=1S/C14H27N5/c1-3-9-18(10-13-7-5-6-8-15-13)11-14-16-12-17-19(14)4-2/h12-13,15H,3-11H2,1-2H3. The van der Waals surface area contributed by atoms with E-state index in [4.69, 9.17) is 0 Å². The molecule has 1 aromatic rings. The Morgan fingerprint density at radius 2 is 2.32 bits per heavy atom. The van der Waals surface area contributed by atoms with E-state index in [0.717, 1.165) is 32.0 Å². The van der Waals surface area contributed by atoms with Gasteiger partial charge in [-0.15, -0.1) is 0 Å². The maximum atomic E-state index is 4.39. The molecular formula is C14H27N5.